The van der Waals surface area contributed by atoms with Crippen LogP contribution in [-0.2, 0) is 16.6 Å². The van der Waals surface area contributed by atoms with Crippen LogP contribution in [0.1, 0.15) is 31.9 Å². The fraction of sp³-hybridized carbons (Fsp3) is 0.259. The lowest BCUT2D eigenvalue weighted by Gasteiger charge is -2.28. The third kappa shape index (κ3) is 7.05. The number of hydrogen-bond donors (Lipinski definition) is 5. The number of aromatic hydroxyl groups is 1. The van der Waals surface area contributed by atoms with Crippen molar-refractivity contribution in [2.75, 3.05) is 11.3 Å². The van der Waals surface area contributed by atoms with E-state index in [2.05, 4.69) is 19.8 Å². The molecule has 0 amide bonds. The number of β-amino-alcohol motifs (C(OH)–C–C–N with tert-alkyl or cyclic N) is 1. The zero-order valence-electron chi connectivity index (χ0n) is 21.4. The van der Waals surface area contributed by atoms with Crippen LogP contribution in [0.15, 0.2) is 78.0 Å². The summed E-state index contributed by atoms with van der Waals surface area (Å²) in [7, 11) is -3.75. The second-order valence-corrected chi connectivity index (χ2v) is 11.4. The summed E-state index contributed by atoms with van der Waals surface area (Å²) < 4.78 is 34.2. The first-order chi connectivity index (χ1) is 18.4. The van der Waals surface area contributed by atoms with Gasteiger partial charge < -0.3 is 29.9 Å². The van der Waals surface area contributed by atoms with Crippen LogP contribution in [0.4, 0.5) is 10.5 Å². The lowest BCUT2D eigenvalue weighted by Crippen LogP contribution is -2.42. The Kier molecular flexibility index (Phi) is 8.09. The van der Waals surface area contributed by atoms with Crippen molar-refractivity contribution in [3.63, 3.8) is 0 Å². The van der Waals surface area contributed by atoms with Crippen molar-refractivity contribution in [2.24, 2.45) is 0 Å². The Morgan fingerprint density at radius 3 is 2.56 bits per heavy atom. The summed E-state index contributed by atoms with van der Waals surface area (Å²) in [5.74, 6) is -0.492. The minimum Gasteiger partial charge on any atom is -0.504 e. The molecule has 1 heterocycles. The van der Waals surface area contributed by atoms with Crippen LogP contribution < -0.4 is 14.8 Å². The zero-order chi connectivity index (χ0) is 28.2. The number of aryl methyl sites for hydroxylation is 1. The molecule has 1 unspecified atom stereocenters. The van der Waals surface area contributed by atoms with Crippen LogP contribution in [0.2, 0.25) is 0 Å². The third-order valence-corrected chi connectivity index (χ3v) is 7.63. The van der Waals surface area contributed by atoms with Gasteiger partial charge in [0.2, 0.25) is 0 Å². The highest BCUT2D eigenvalue weighted by Crippen LogP contribution is 2.31. The largest absolute Gasteiger partial charge is 0.511 e. The summed E-state index contributed by atoms with van der Waals surface area (Å²) in [6.45, 7) is 4.73. The Balaban J connectivity index is 1.36. The van der Waals surface area contributed by atoms with E-state index < -0.39 is 27.8 Å². The van der Waals surface area contributed by atoms with Gasteiger partial charge in [-0.15, -0.1) is 0 Å². The van der Waals surface area contributed by atoms with E-state index in [-0.39, 0.29) is 22.9 Å². The van der Waals surface area contributed by atoms with Crippen molar-refractivity contribution in [2.45, 2.75) is 43.4 Å². The standard InChI is InChI=1S/C27H30N4O7S/c1-27(2,11-12-31-17-28-21-14-25(38-26(34)35)23(32)15-22(21)31)29-16-24(33)18-7-6-8-19(13-18)30-39(36,37)20-9-4-3-5-10-20/h3-10,13-15,17,24,29-30,32-33H,11-12,16H2,1-2H3,(H,34,35). The van der Waals surface area contributed by atoms with Crippen LogP contribution in [0, 0.1) is 0 Å². The molecular weight excluding hydrogens is 524 g/mol. The topological polar surface area (TPSA) is 163 Å². The number of aromatic nitrogens is 2. The number of aliphatic hydroxyl groups is 1. The van der Waals surface area contributed by atoms with Crippen molar-refractivity contribution < 1.29 is 33.3 Å². The number of sulfonamides is 1. The lowest BCUT2D eigenvalue weighted by atomic mass is 9.99. The van der Waals surface area contributed by atoms with Crippen molar-refractivity contribution >= 4 is 32.9 Å². The van der Waals surface area contributed by atoms with Gasteiger partial charge in [-0.3, -0.25) is 4.72 Å². The third-order valence-electron chi connectivity index (χ3n) is 6.23. The Morgan fingerprint density at radius 2 is 1.85 bits per heavy atom. The number of imidazole rings is 1. The number of ether oxygens (including phenoxy) is 1. The summed E-state index contributed by atoms with van der Waals surface area (Å²) in [6.07, 6.45) is -0.180. The minimum atomic E-state index is -3.75. The van der Waals surface area contributed by atoms with Gasteiger partial charge in [0, 0.05) is 36.4 Å². The number of benzene rings is 3. The Morgan fingerprint density at radius 1 is 1.10 bits per heavy atom. The number of phenols is 1. The Bertz CT molecular complexity index is 1570. The monoisotopic (exact) mass is 554 g/mol. The highest BCUT2D eigenvalue weighted by atomic mass is 32.2. The molecule has 0 aliphatic carbocycles. The number of rotatable bonds is 11. The Labute approximate surface area is 225 Å². The highest BCUT2D eigenvalue weighted by molar-refractivity contribution is 7.92. The van der Waals surface area contributed by atoms with Gasteiger partial charge in [0.1, 0.15) is 0 Å². The van der Waals surface area contributed by atoms with Crippen molar-refractivity contribution in [3.8, 4) is 11.5 Å². The predicted octanol–water partition coefficient (Wildman–Crippen LogP) is 4.09. The lowest BCUT2D eigenvalue weighted by molar-refractivity contribution is 0.143. The van der Waals surface area contributed by atoms with Crippen LogP contribution in [0.25, 0.3) is 11.0 Å². The van der Waals surface area contributed by atoms with Crippen LogP contribution >= 0.6 is 0 Å². The maximum absolute atomic E-state index is 12.6. The van der Waals surface area contributed by atoms with Crippen molar-refractivity contribution in [1.29, 1.82) is 0 Å². The first-order valence-corrected chi connectivity index (χ1v) is 13.6. The summed E-state index contributed by atoms with van der Waals surface area (Å²) in [6, 6.07) is 17.5. The normalized spacial score (nSPS) is 12.8. The second kappa shape index (κ2) is 11.3. The number of phenolic OH excluding ortho intramolecular Hbond substituents is 1. The van der Waals surface area contributed by atoms with Gasteiger partial charge in [-0.1, -0.05) is 30.3 Å². The van der Waals surface area contributed by atoms with Crippen molar-refractivity contribution in [3.05, 3.63) is 78.6 Å². The van der Waals surface area contributed by atoms with E-state index in [0.717, 1.165) is 0 Å². The maximum Gasteiger partial charge on any atom is 0.511 e. The number of nitrogens with zero attached hydrogens (tertiary/aromatic N) is 2. The number of aliphatic hydroxyl groups excluding tert-OH is 1. The number of anilines is 1. The molecule has 12 heteroatoms. The first-order valence-electron chi connectivity index (χ1n) is 12.1. The summed E-state index contributed by atoms with van der Waals surface area (Å²) in [5.41, 5.74) is 1.60. The summed E-state index contributed by atoms with van der Waals surface area (Å²) >= 11 is 0. The van der Waals surface area contributed by atoms with E-state index in [1.807, 2.05) is 18.4 Å². The fourth-order valence-corrected chi connectivity index (χ4v) is 5.10. The van der Waals surface area contributed by atoms with Crippen LogP contribution in [0.3, 0.4) is 0 Å². The van der Waals surface area contributed by atoms with E-state index in [1.54, 1.807) is 48.8 Å². The smallest absolute Gasteiger partial charge is 0.504 e. The number of hydrogen-bond acceptors (Lipinski definition) is 8. The molecule has 3 aromatic carbocycles. The molecule has 0 aliphatic rings. The number of fused-ring (bicyclic) bond motifs is 1. The number of carboxylic acid groups (broad SMARTS) is 1. The van der Waals surface area contributed by atoms with E-state index in [9.17, 15) is 23.4 Å². The van der Waals surface area contributed by atoms with Gasteiger partial charge in [-0.05, 0) is 50.1 Å². The second-order valence-electron chi connectivity index (χ2n) is 9.69. The number of carbonyl (C=O) groups is 1. The fourth-order valence-electron chi connectivity index (χ4n) is 4.03. The average Bonchev–Trinajstić information content (AvgIpc) is 3.28. The molecule has 0 saturated carbocycles. The van der Waals surface area contributed by atoms with Gasteiger partial charge in [0.15, 0.2) is 11.5 Å². The van der Waals surface area contributed by atoms with E-state index in [4.69, 9.17) is 5.11 Å². The first kappa shape index (κ1) is 27.9. The highest BCUT2D eigenvalue weighted by Gasteiger charge is 2.21. The van der Waals surface area contributed by atoms with Crippen LogP contribution in [-0.4, -0.2) is 51.5 Å². The van der Waals surface area contributed by atoms with Gasteiger partial charge in [-0.2, -0.15) is 0 Å². The zero-order valence-corrected chi connectivity index (χ0v) is 22.2. The van der Waals surface area contributed by atoms with E-state index >= 15 is 0 Å². The molecule has 39 heavy (non-hydrogen) atoms. The SMILES string of the molecule is CC(C)(CCn1cnc2cc(OC(=O)O)c(O)cc21)NCC(O)c1cccc(NS(=O)(=O)c2ccccc2)c1. The minimum absolute atomic E-state index is 0.147. The molecule has 0 spiro atoms. The van der Waals surface area contributed by atoms with Gasteiger partial charge >= 0.3 is 6.16 Å². The summed E-state index contributed by atoms with van der Waals surface area (Å²) in [4.78, 5) is 15.2. The quantitative estimate of drug-likeness (QED) is 0.136. The van der Waals surface area contributed by atoms with Gasteiger partial charge in [0.05, 0.1) is 28.4 Å². The number of nitrogens with one attached hydrogen (secondary N) is 2. The molecule has 206 valence electrons. The van der Waals surface area contributed by atoms with Gasteiger partial charge in [0.25, 0.3) is 10.0 Å². The molecule has 0 fully saturated rings. The average molecular weight is 555 g/mol. The molecule has 4 aromatic rings. The van der Waals surface area contributed by atoms with E-state index in [0.29, 0.717) is 35.2 Å². The molecule has 4 rings (SSSR count). The maximum atomic E-state index is 12.6. The van der Waals surface area contributed by atoms with E-state index in [1.165, 1.54) is 24.3 Å². The molecule has 1 atom stereocenters. The van der Waals surface area contributed by atoms with Crippen LogP contribution in [0.5, 0.6) is 11.5 Å². The molecule has 11 nitrogen and oxygen atoms in total. The summed E-state index contributed by atoms with van der Waals surface area (Å²) in [5, 5.41) is 33.1. The molecule has 0 aliphatic heterocycles. The Hall–Kier alpha value is -4.13. The van der Waals surface area contributed by atoms with Gasteiger partial charge in [-0.25, -0.2) is 18.2 Å². The molecule has 1 aromatic heterocycles. The molecular formula is C27H30N4O7S. The predicted molar refractivity (Wildman–Crippen MR) is 145 cm³/mol. The molecule has 0 radical (unpaired) electrons. The molecule has 0 saturated heterocycles. The molecule has 5 N–H and O–H groups in total. The molecule has 0 bridgehead atoms. The van der Waals surface area contributed by atoms with Crippen molar-refractivity contribution in [1.82, 2.24) is 14.9 Å².